The molecule has 0 unspecified atom stereocenters. The SMILES string of the molecule is C=C(c1cnc2[nH]ncc2c1)N1CCC2(CC1)C(=O)N(CC(=O)N1CCS(=O)(=O)CC1)CN2c1ccccc1. The zero-order chi connectivity index (χ0) is 27.2. The number of carbonyl (C=O) groups excluding carboxylic acids is 2. The van der Waals surface area contributed by atoms with Gasteiger partial charge in [-0.3, -0.25) is 14.7 Å². The van der Waals surface area contributed by atoms with Crippen molar-refractivity contribution >= 4 is 44.1 Å². The second-order valence-electron chi connectivity index (χ2n) is 10.4. The number of anilines is 1. The average molecular weight is 550 g/mol. The van der Waals surface area contributed by atoms with Gasteiger partial charge in [-0.1, -0.05) is 24.8 Å². The summed E-state index contributed by atoms with van der Waals surface area (Å²) in [6.45, 7) is 6.17. The lowest BCUT2D eigenvalue weighted by molar-refractivity contribution is -0.140. The molecule has 3 aliphatic rings. The molecule has 5 heterocycles. The van der Waals surface area contributed by atoms with E-state index in [4.69, 9.17) is 0 Å². The molecule has 204 valence electrons. The Labute approximate surface area is 227 Å². The van der Waals surface area contributed by atoms with Gasteiger partial charge in [-0.05, 0) is 31.0 Å². The zero-order valence-electron chi connectivity index (χ0n) is 21.6. The summed E-state index contributed by atoms with van der Waals surface area (Å²) in [4.78, 5) is 39.0. The van der Waals surface area contributed by atoms with Gasteiger partial charge in [0, 0.05) is 54.7 Å². The maximum Gasteiger partial charge on any atom is 0.250 e. The molecule has 3 aromatic rings. The van der Waals surface area contributed by atoms with Gasteiger partial charge < -0.3 is 19.6 Å². The minimum absolute atomic E-state index is 0.0322. The molecule has 3 fully saturated rings. The van der Waals surface area contributed by atoms with Crippen molar-refractivity contribution in [3.63, 3.8) is 0 Å². The minimum atomic E-state index is -3.10. The molecule has 1 aromatic carbocycles. The first-order chi connectivity index (χ1) is 18.8. The maximum absolute atomic E-state index is 14.0. The summed E-state index contributed by atoms with van der Waals surface area (Å²) in [5, 5.41) is 7.81. The van der Waals surface area contributed by atoms with Gasteiger partial charge in [0.05, 0.1) is 24.4 Å². The second kappa shape index (κ2) is 9.67. The molecule has 0 radical (unpaired) electrons. The van der Waals surface area contributed by atoms with E-state index in [9.17, 15) is 18.0 Å². The fourth-order valence-corrected chi connectivity index (χ4v) is 7.07. The van der Waals surface area contributed by atoms with Crippen LogP contribution in [0.5, 0.6) is 0 Å². The number of amides is 2. The first-order valence-corrected chi connectivity index (χ1v) is 14.9. The normalized spacial score (nSPS) is 20.7. The molecule has 3 aliphatic heterocycles. The molecular formula is C27H31N7O4S. The highest BCUT2D eigenvalue weighted by molar-refractivity contribution is 7.91. The van der Waals surface area contributed by atoms with E-state index in [0.29, 0.717) is 32.6 Å². The summed E-state index contributed by atoms with van der Waals surface area (Å²) in [7, 11) is -3.10. The summed E-state index contributed by atoms with van der Waals surface area (Å²) in [5.41, 5.74) is 2.65. The van der Waals surface area contributed by atoms with Crippen molar-refractivity contribution in [2.45, 2.75) is 18.4 Å². The first kappa shape index (κ1) is 25.4. The Morgan fingerprint density at radius 2 is 1.74 bits per heavy atom. The molecule has 12 heteroatoms. The van der Waals surface area contributed by atoms with Gasteiger partial charge in [-0.15, -0.1) is 0 Å². The summed E-state index contributed by atoms with van der Waals surface area (Å²) >= 11 is 0. The van der Waals surface area contributed by atoms with Crippen LogP contribution in [-0.2, 0) is 19.4 Å². The fourth-order valence-electron chi connectivity index (χ4n) is 5.87. The van der Waals surface area contributed by atoms with Crippen LogP contribution >= 0.6 is 0 Å². The number of carbonyl (C=O) groups is 2. The number of pyridine rings is 1. The molecule has 1 N–H and O–H groups in total. The number of nitrogens with zero attached hydrogens (tertiary/aromatic N) is 6. The average Bonchev–Trinajstić information content (AvgIpc) is 3.52. The number of piperidine rings is 1. The number of aromatic nitrogens is 3. The molecule has 6 rings (SSSR count). The Morgan fingerprint density at radius 1 is 1.03 bits per heavy atom. The number of para-hydroxylation sites is 1. The molecule has 2 amide bonds. The molecule has 0 atom stereocenters. The molecule has 0 aliphatic carbocycles. The van der Waals surface area contributed by atoms with E-state index in [1.165, 1.54) is 0 Å². The van der Waals surface area contributed by atoms with Crippen LogP contribution in [-0.4, -0.2) is 107 Å². The predicted octanol–water partition coefficient (Wildman–Crippen LogP) is 1.33. The van der Waals surface area contributed by atoms with Crippen molar-refractivity contribution in [1.29, 1.82) is 0 Å². The van der Waals surface area contributed by atoms with Gasteiger partial charge in [0.25, 0.3) is 5.91 Å². The molecule has 39 heavy (non-hydrogen) atoms. The quantitative estimate of drug-likeness (QED) is 0.506. The lowest BCUT2D eigenvalue weighted by Crippen LogP contribution is -2.56. The highest BCUT2D eigenvalue weighted by Gasteiger charge is 2.54. The number of benzene rings is 1. The third kappa shape index (κ3) is 4.62. The summed E-state index contributed by atoms with van der Waals surface area (Å²) in [5.74, 6) is -0.335. The van der Waals surface area contributed by atoms with E-state index in [1.54, 1.807) is 22.2 Å². The summed E-state index contributed by atoms with van der Waals surface area (Å²) in [6, 6.07) is 11.8. The molecular weight excluding hydrogens is 518 g/mol. The number of sulfone groups is 1. The van der Waals surface area contributed by atoms with Crippen LogP contribution in [0.15, 0.2) is 55.4 Å². The lowest BCUT2D eigenvalue weighted by atomic mass is 9.85. The van der Waals surface area contributed by atoms with Crippen molar-refractivity contribution in [3.05, 3.63) is 60.9 Å². The van der Waals surface area contributed by atoms with Crippen molar-refractivity contribution in [3.8, 4) is 0 Å². The zero-order valence-corrected chi connectivity index (χ0v) is 22.4. The molecule has 11 nitrogen and oxygen atoms in total. The van der Waals surface area contributed by atoms with Crippen molar-refractivity contribution in [2.75, 3.05) is 55.8 Å². The van der Waals surface area contributed by atoms with E-state index in [2.05, 4.69) is 31.6 Å². The largest absolute Gasteiger partial charge is 0.371 e. The topological polar surface area (TPSA) is 123 Å². The standard InChI is InChI=1S/C27H31N7O4S/c1-20(21-15-22-17-29-30-25(22)28-16-21)31-9-7-27(8-10-31)26(36)33(19-34(27)23-5-3-2-4-6-23)18-24(35)32-11-13-39(37,38)14-12-32/h2-6,15-17H,1,7-14,18-19H2,(H,28,29,30). The van der Waals surface area contributed by atoms with Crippen LogP contribution in [0, 0.1) is 0 Å². The predicted molar refractivity (Wildman–Crippen MR) is 147 cm³/mol. The van der Waals surface area contributed by atoms with Crippen molar-refractivity contribution in [2.24, 2.45) is 0 Å². The van der Waals surface area contributed by atoms with Crippen LogP contribution in [0.25, 0.3) is 16.7 Å². The monoisotopic (exact) mass is 549 g/mol. The maximum atomic E-state index is 14.0. The van der Waals surface area contributed by atoms with E-state index in [0.717, 1.165) is 28.0 Å². The Morgan fingerprint density at radius 3 is 2.46 bits per heavy atom. The smallest absolute Gasteiger partial charge is 0.250 e. The van der Waals surface area contributed by atoms with Crippen LogP contribution in [0.2, 0.25) is 0 Å². The van der Waals surface area contributed by atoms with Crippen molar-refractivity contribution < 1.29 is 18.0 Å². The lowest BCUT2D eigenvalue weighted by Gasteiger charge is -2.44. The van der Waals surface area contributed by atoms with Crippen LogP contribution < -0.4 is 4.90 Å². The molecule has 2 aromatic heterocycles. The number of fused-ring (bicyclic) bond motifs is 1. The van der Waals surface area contributed by atoms with E-state index in [1.807, 2.05) is 36.4 Å². The Kier molecular flexibility index (Phi) is 6.29. The van der Waals surface area contributed by atoms with Crippen LogP contribution in [0.1, 0.15) is 18.4 Å². The second-order valence-corrected chi connectivity index (χ2v) is 12.7. The first-order valence-electron chi connectivity index (χ1n) is 13.1. The third-order valence-electron chi connectivity index (χ3n) is 8.20. The summed E-state index contributed by atoms with van der Waals surface area (Å²) < 4.78 is 23.6. The van der Waals surface area contributed by atoms with Gasteiger partial charge >= 0.3 is 0 Å². The number of aromatic amines is 1. The fraction of sp³-hybridized carbons (Fsp3) is 0.407. The molecule has 0 saturated carbocycles. The van der Waals surface area contributed by atoms with Gasteiger partial charge in [-0.25, -0.2) is 13.4 Å². The van der Waals surface area contributed by atoms with E-state index >= 15 is 0 Å². The Hall–Kier alpha value is -3.93. The highest BCUT2D eigenvalue weighted by Crippen LogP contribution is 2.40. The number of H-pyrrole nitrogens is 1. The van der Waals surface area contributed by atoms with E-state index < -0.39 is 15.4 Å². The summed E-state index contributed by atoms with van der Waals surface area (Å²) in [6.07, 6.45) is 4.67. The molecule has 0 bridgehead atoms. The van der Waals surface area contributed by atoms with Crippen LogP contribution in [0.4, 0.5) is 5.69 Å². The van der Waals surface area contributed by atoms with E-state index in [-0.39, 0.29) is 43.0 Å². The Bertz CT molecular complexity index is 1520. The molecule has 1 spiro atoms. The van der Waals surface area contributed by atoms with Crippen molar-refractivity contribution in [1.82, 2.24) is 29.9 Å². The van der Waals surface area contributed by atoms with Gasteiger partial charge in [0.1, 0.15) is 12.1 Å². The molecule has 3 saturated heterocycles. The number of hydrogen-bond donors (Lipinski definition) is 1. The Balaban J connectivity index is 1.20. The van der Waals surface area contributed by atoms with Gasteiger partial charge in [0.2, 0.25) is 5.91 Å². The number of rotatable bonds is 5. The minimum Gasteiger partial charge on any atom is -0.371 e. The number of hydrogen-bond acceptors (Lipinski definition) is 8. The number of likely N-dealkylation sites (tertiary alicyclic amines) is 1. The third-order valence-corrected chi connectivity index (χ3v) is 9.81. The highest BCUT2D eigenvalue weighted by atomic mass is 32.2. The van der Waals surface area contributed by atoms with Gasteiger partial charge in [-0.2, -0.15) is 5.10 Å². The number of nitrogens with one attached hydrogen (secondary N) is 1. The van der Waals surface area contributed by atoms with Gasteiger partial charge in [0.15, 0.2) is 15.5 Å². The van der Waals surface area contributed by atoms with Crippen LogP contribution in [0.3, 0.4) is 0 Å².